The monoisotopic (exact) mass is 340 g/mol. The van der Waals surface area contributed by atoms with Crippen molar-refractivity contribution in [1.29, 1.82) is 0 Å². The van der Waals surface area contributed by atoms with E-state index in [1.807, 2.05) is 0 Å². The van der Waals surface area contributed by atoms with E-state index >= 15 is 0 Å². The molecule has 0 spiro atoms. The van der Waals surface area contributed by atoms with E-state index in [0.29, 0.717) is 0 Å². The average Bonchev–Trinajstić information content (AvgIpc) is 2.70. The number of fused-ring (bicyclic) bond motifs is 1. The molecule has 0 amide bonds. The van der Waals surface area contributed by atoms with Crippen molar-refractivity contribution in [3.8, 4) is 23.0 Å². The summed E-state index contributed by atoms with van der Waals surface area (Å²) in [6, 6.07) is 21.9. The lowest BCUT2D eigenvalue weighted by Gasteiger charge is -2.14. The molecule has 0 heteroatoms. The predicted molar refractivity (Wildman–Crippen MR) is 114 cm³/mol. The Kier molecular flexibility index (Phi) is 6.50. The highest BCUT2D eigenvalue weighted by molar-refractivity contribution is 6.01. The molecule has 0 unspecified atom stereocenters. The topological polar surface area (TPSA) is 0 Å². The van der Waals surface area contributed by atoms with Crippen LogP contribution in [0.2, 0.25) is 0 Å². The Morgan fingerprint density at radius 1 is 0.769 bits per heavy atom. The molecule has 0 aliphatic carbocycles. The SMILES string of the molecule is CCCCC#Cc1cc(CCCC)c2ccccc2c1-c1ccccc1. The molecule has 3 aromatic carbocycles. The standard InChI is InChI=1S/C26H28/c1-3-5-7-9-17-23-20-22(14-6-4-2)24-18-12-13-19-25(24)26(23)21-15-10-8-11-16-21/h8,10-13,15-16,18-20H,3-7,14H2,1-2H3. The van der Waals surface area contributed by atoms with E-state index in [9.17, 15) is 0 Å². The number of hydrogen-bond acceptors (Lipinski definition) is 0. The number of benzene rings is 3. The summed E-state index contributed by atoms with van der Waals surface area (Å²) in [5, 5.41) is 2.70. The van der Waals surface area contributed by atoms with Crippen molar-refractivity contribution in [3.63, 3.8) is 0 Å². The third-order valence-corrected chi connectivity index (χ3v) is 4.87. The number of aryl methyl sites for hydroxylation is 1. The molecule has 0 aliphatic heterocycles. The van der Waals surface area contributed by atoms with Gasteiger partial charge in [0.05, 0.1) is 0 Å². The van der Waals surface area contributed by atoms with E-state index in [-0.39, 0.29) is 0 Å². The van der Waals surface area contributed by atoms with Gasteiger partial charge in [-0.15, -0.1) is 0 Å². The summed E-state index contributed by atoms with van der Waals surface area (Å²) >= 11 is 0. The van der Waals surface area contributed by atoms with Crippen LogP contribution in [0, 0.1) is 11.8 Å². The van der Waals surface area contributed by atoms with E-state index in [1.165, 1.54) is 58.7 Å². The van der Waals surface area contributed by atoms with Crippen molar-refractivity contribution in [3.05, 3.63) is 71.8 Å². The molecule has 0 aliphatic rings. The Balaban J connectivity index is 2.21. The van der Waals surface area contributed by atoms with Gasteiger partial charge in [0.15, 0.2) is 0 Å². The van der Waals surface area contributed by atoms with Crippen LogP contribution in [-0.4, -0.2) is 0 Å². The van der Waals surface area contributed by atoms with Gasteiger partial charge in [-0.25, -0.2) is 0 Å². The van der Waals surface area contributed by atoms with E-state index < -0.39 is 0 Å². The molecule has 0 heterocycles. The van der Waals surface area contributed by atoms with Gasteiger partial charge < -0.3 is 0 Å². The molecule has 132 valence electrons. The summed E-state index contributed by atoms with van der Waals surface area (Å²) in [6.45, 7) is 4.47. The second kappa shape index (κ2) is 9.25. The molecule has 0 fully saturated rings. The largest absolute Gasteiger partial charge is 0.0979 e. The first kappa shape index (κ1) is 18.3. The number of rotatable bonds is 6. The highest BCUT2D eigenvalue weighted by Gasteiger charge is 2.12. The zero-order chi connectivity index (χ0) is 18.2. The van der Waals surface area contributed by atoms with Gasteiger partial charge >= 0.3 is 0 Å². The zero-order valence-electron chi connectivity index (χ0n) is 16.0. The summed E-state index contributed by atoms with van der Waals surface area (Å²) in [7, 11) is 0. The van der Waals surface area contributed by atoms with Crippen molar-refractivity contribution in [1.82, 2.24) is 0 Å². The lowest BCUT2D eigenvalue weighted by Crippen LogP contribution is -1.94. The van der Waals surface area contributed by atoms with Crippen LogP contribution in [0.15, 0.2) is 60.7 Å². The lowest BCUT2D eigenvalue weighted by molar-refractivity contribution is 0.799. The third-order valence-electron chi connectivity index (χ3n) is 4.87. The molecule has 0 saturated heterocycles. The Hall–Kier alpha value is -2.52. The fraction of sp³-hybridized carbons (Fsp3) is 0.308. The molecule has 26 heavy (non-hydrogen) atoms. The highest BCUT2D eigenvalue weighted by Crippen LogP contribution is 2.34. The van der Waals surface area contributed by atoms with Crippen LogP contribution in [0.1, 0.15) is 57.1 Å². The van der Waals surface area contributed by atoms with Crippen LogP contribution in [0.4, 0.5) is 0 Å². The van der Waals surface area contributed by atoms with Gasteiger partial charge in [0, 0.05) is 17.5 Å². The van der Waals surface area contributed by atoms with E-state index in [2.05, 4.69) is 86.4 Å². The number of hydrogen-bond donors (Lipinski definition) is 0. The van der Waals surface area contributed by atoms with Gasteiger partial charge in [0.2, 0.25) is 0 Å². The highest BCUT2D eigenvalue weighted by atomic mass is 14.2. The normalized spacial score (nSPS) is 10.5. The minimum Gasteiger partial charge on any atom is -0.0979 e. The molecule has 3 rings (SSSR count). The maximum Gasteiger partial charge on any atom is 0.0332 e. The minimum absolute atomic E-state index is 0.974. The van der Waals surface area contributed by atoms with Crippen molar-refractivity contribution in [2.75, 3.05) is 0 Å². The maximum atomic E-state index is 3.51. The van der Waals surface area contributed by atoms with Crippen molar-refractivity contribution in [2.24, 2.45) is 0 Å². The molecule has 0 radical (unpaired) electrons. The summed E-state index contributed by atoms with van der Waals surface area (Å²) in [4.78, 5) is 0. The minimum atomic E-state index is 0.974. The molecule has 0 saturated carbocycles. The fourth-order valence-electron chi connectivity index (χ4n) is 3.46. The number of unbranched alkanes of at least 4 members (excludes halogenated alkanes) is 3. The Bertz CT molecular complexity index is 907. The molecule has 0 nitrogen and oxygen atoms in total. The second-order valence-corrected chi connectivity index (χ2v) is 6.88. The van der Waals surface area contributed by atoms with Gasteiger partial charge in [0.1, 0.15) is 0 Å². The van der Waals surface area contributed by atoms with Crippen LogP contribution < -0.4 is 0 Å². The molecule has 0 aromatic heterocycles. The molecule has 0 N–H and O–H groups in total. The van der Waals surface area contributed by atoms with Crippen LogP contribution in [-0.2, 0) is 6.42 Å². The third kappa shape index (κ3) is 4.17. The van der Waals surface area contributed by atoms with Crippen LogP contribution in [0.5, 0.6) is 0 Å². The van der Waals surface area contributed by atoms with E-state index in [1.54, 1.807) is 0 Å². The van der Waals surface area contributed by atoms with Crippen molar-refractivity contribution >= 4 is 10.8 Å². The Labute approximate surface area is 158 Å². The van der Waals surface area contributed by atoms with E-state index in [4.69, 9.17) is 0 Å². The average molecular weight is 341 g/mol. The van der Waals surface area contributed by atoms with Crippen LogP contribution in [0.25, 0.3) is 21.9 Å². The predicted octanol–water partition coefficient (Wildman–Crippen LogP) is 7.39. The molecule has 3 aromatic rings. The quantitative estimate of drug-likeness (QED) is 0.324. The summed E-state index contributed by atoms with van der Waals surface area (Å²) in [6.07, 6.45) is 6.89. The van der Waals surface area contributed by atoms with Gasteiger partial charge in [-0.05, 0) is 47.2 Å². The Morgan fingerprint density at radius 2 is 1.46 bits per heavy atom. The second-order valence-electron chi connectivity index (χ2n) is 6.88. The summed E-state index contributed by atoms with van der Waals surface area (Å²) in [5.74, 6) is 6.92. The smallest absolute Gasteiger partial charge is 0.0332 e. The molecule has 0 bridgehead atoms. The van der Waals surface area contributed by atoms with Gasteiger partial charge in [-0.2, -0.15) is 0 Å². The summed E-state index contributed by atoms with van der Waals surface area (Å²) in [5.41, 5.74) is 5.15. The first-order chi connectivity index (χ1) is 12.8. The van der Waals surface area contributed by atoms with Gasteiger partial charge in [0.25, 0.3) is 0 Å². The van der Waals surface area contributed by atoms with Crippen molar-refractivity contribution < 1.29 is 0 Å². The van der Waals surface area contributed by atoms with Crippen LogP contribution >= 0.6 is 0 Å². The lowest BCUT2D eigenvalue weighted by atomic mass is 9.89. The van der Waals surface area contributed by atoms with Gasteiger partial charge in [-0.3, -0.25) is 0 Å². The maximum absolute atomic E-state index is 3.51. The first-order valence-electron chi connectivity index (χ1n) is 9.94. The zero-order valence-corrected chi connectivity index (χ0v) is 16.0. The Morgan fingerprint density at radius 3 is 2.19 bits per heavy atom. The first-order valence-corrected chi connectivity index (χ1v) is 9.94. The molecular formula is C26H28. The summed E-state index contributed by atoms with van der Waals surface area (Å²) < 4.78 is 0. The van der Waals surface area contributed by atoms with Gasteiger partial charge in [-0.1, -0.05) is 93.1 Å². The molecular weight excluding hydrogens is 312 g/mol. The molecule has 0 atom stereocenters. The van der Waals surface area contributed by atoms with Crippen LogP contribution in [0.3, 0.4) is 0 Å². The fourth-order valence-corrected chi connectivity index (χ4v) is 3.46. The van der Waals surface area contributed by atoms with E-state index in [0.717, 1.165) is 12.8 Å². The van der Waals surface area contributed by atoms with Crippen molar-refractivity contribution in [2.45, 2.75) is 52.4 Å².